The summed E-state index contributed by atoms with van der Waals surface area (Å²) >= 11 is 0. The highest BCUT2D eigenvalue weighted by atomic mass is 16.7. The summed E-state index contributed by atoms with van der Waals surface area (Å²) in [4.78, 5) is 33.9. The first-order chi connectivity index (χ1) is 14.9. The standard InChI is InChI=1S/C23H30N2O6/c1-5-22(12-26)18-14-11-30-20(19(18)31-13(2)27)23(10-17(14)24(22)3)15-8-6-7-9-16(15)25(29-4)21(23)28/h6-9,14,17-20,26H,5,10-12H2,1-4H3/t14-,17+,18+,19-,20-,22+,23+/m1/s1. The second-order valence-corrected chi connectivity index (χ2v) is 9.29. The molecule has 1 amide bonds. The third kappa shape index (κ3) is 2.39. The van der Waals surface area contributed by atoms with Crippen LogP contribution in [0.3, 0.4) is 0 Å². The molecule has 0 radical (unpaired) electrons. The van der Waals surface area contributed by atoms with Crippen molar-refractivity contribution in [2.75, 3.05) is 32.4 Å². The molecule has 4 heterocycles. The first kappa shape index (κ1) is 20.9. The number of nitrogens with zero attached hydrogens (tertiary/aromatic N) is 2. The number of aliphatic hydroxyl groups excluding tert-OH is 1. The van der Waals surface area contributed by atoms with Crippen molar-refractivity contribution < 1.29 is 29.0 Å². The lowest BCUT2D eigenvalue weighted by Crippen LogP contribution is -2.65. The molecule has 5 aliphatic rings. The summed E-state index contributed by atoms with van der Waals surface area (Å²) in [6.45, 7) is 3.87. The van der Waals surface area contributed by atoms with Gasteiger partial charge in [-0.25, -0.2) is 0 Å². The van der Waals surface area contributed by atoms with Gasteiger partial charge < -0.3 is 14.6 Å². The fourth-order valence-corrected chi connectivity index (χ4v) is 7.14. The summed E-state index contributed by atoms with van der Waals surface area (Å²) in [5, 5.41) is 11.9. The quantitative estimate of drug-likeness (QED) is 0.720. The fraction of sp³-hybridized carbons (Fsp3) is 0.652. The number of esters is 1. The Morgan fingerprint density at radius 3 is 2.74 bits per heavy atom. The van der Waals surface area contributed by atoms with Gasteiger partial charge in [0.1, 0.15) is 17.6 Å². The Labute approximate surface area is 182 Å². The van der Waals surface area contributed by atoms with E-state index in [1.165, 1.54) is 19.1 Å². The number of anilines is 1. The molecule has 31 heavy (non-hydrogen) atoms. The average Bonchev–Trinajstić information content (AvgIpc) is 3.00. The Morgan fingerprint density at radius 2 is 2.10 bits per heavy atom. The lowest BCUT2D eigenvalue weighted by Gasteiger charge is -2.51. The number of amides is 1. The molecule has 1 aromatic rings. The molecular weight excluding hydrogens is 400 g/mol. The van der Waals surface area contributed by atoms with Gasteiger partial charge in [0.15, 0.2) is 0 Å². The number of hydrogen-bond donors (Lipinski definition) is 1. The van der Waals surface area contributed by atoms with Crippen LogP contribution in [-0.2, 0) is 29.3 Å². The van der Waals surface area contributed by atoms with Crippen LogP contribution in [0.15, 0.2) is 24.3 Å². The van der Waals surface area contributed by atoms with Gasteiger partial charge in [-0.1, -0.05) is 25.1 Å². The number of rotatable bonds is 4. The molecule has 1 aliphatic carbocycles. The van der Waals surface area contributed by atoms with Crippen molar-refractivity contribution in [3.05, 3.63) is 29.8 Å². The van der Waals surface area contributed by atoms with E-state index in [0.717, 1.165) is 5.56 Å². The number of carbonyl (C=O) groups excluding carboxylic acids is 2. The van der Waals surface area contributed by atoms with Crippen LogP contribution in [0.2, 0.25) is 0 Å². The molecule has 8 heteroatoms. The fourth-order valence-electron chi connectivity index (χ4n) is 7.14. The predicted octanol–water partition coefficient (Wildman–Crippen LogP) is 1.25. The van der Waals surface area contributed by atoms with Crippen LogP contribution in [0.4, 0.5) is 5.69 Å². The highest BCUT2D eigenvalue weighted by molar-refractivity contribution is 6.07. The number of para-hydroxylation sites is 1. The second-order valence-electron chi connectivity index (χ2n) is 9.29. The minimum atomic E-state index is -1.02. The Bertz CT molecular complexity index is 917. The third-order valence-electron chi connectivity index (χ3n) is 8.45. The van der Waals surface area contributed by atoms with E-state index in [1.807, 2.05) is 31.3 Å². The van der Waals surface area contributed by atoms with Crippen LogP contribution in [-0.4, -0.2) is 73.0 Å². The Kier molecular flexibility index (Phi) is 4.71. The molecule has 1 N–H and O–H groups in total. The number of carbonyl (C=O) groups is 2. The van der Waals surface area contributed by atoms with E-state index in [1.54, 1.807) is 0 Å². The molecule has 3 saturated heterocycles. The lowest BCUT2D eigenvalue weighted by atomic mass is 9.67. The summed E-state index contributed by atoms with van der Waals surface area (Å²) in [6.07, 6.45) is -0.0659. The van der Waals surface area contributed by atoms with Crippen molar-refractivity contribution in [2.45, 2.75) is 55.9 Å². The van der Waals surface area contributed by atoms with Gasteiger partial charge in [0, 0.05) is 24.8 Å². The normalized spacial score (nSPS) is 41.0. The Hall–Kier alpha value is -2.00. The van der Waals surface area contributed by atoms with Gasteiger partial charge >= 0.3 is 5.97 Å². The second kappa shape index (κ2) is 7.00. The maximum absolute atomic E-state index is 13.9. The van der Waals surface area contributed by atoms with E-state index in [0.29, 0.717) is 25.1 Å². The monoisotopic (exact) mass is 430 g/mol. The average molecular weight is 431 g/mol. The molecule has 0 unspecified atom stereocenters. The van der Waals surface area contributed by atoms with Crippen molar-refractivity contribution in [1.29, 1.82) is 0 Å². The summed E-state index contributed by atoms with van der Waals surface area (Å²) in [5.41, 5.74) is -0.00391. The molecule has 1 saturated carbocycles. The van der Waals surface area contributed by atoms with E-state index < -0.39 is 29.1 Å². The van der Waals surface area contributed by atoms with Crippen molar-refractivity contribution in [1.82, 2.24) is 4.90 Å². The smallest absolute Gasteiger partial charge is 0.303 e. The first-order valence-corrected chi connectivity index (χ1v) is 11.0. The SMILES string of the molecule is CC[C@]1(CO)[C@H]2[C@@H]3CO[C@H]([C@@H]2OC(C)=O)[C@@]2(C[C@@H]3N1C)C(=O)N(OC)c1ccccc12. The maximum Gasteiger partial charge on any atom is 0.303 e. The molecule has 0 aromatic heterocycles. The zero-order valence-electron chi connectivity index (χ0n) is 18.4. The number of likely N-dealkylation sites (N-methyl/N-ethyl adjacent to an activating group) is 1. The summed E-state index contributed by atoms with van der Waals surface area (Å²) in [7, 11) is 3.50. The summed E-state index contributed by atoms with van der Waals surface area (Å²) < 4.78 is 12.3. The molecular formula is C23H30N2O6. The van der Waals surface area contributed by atoms with Gasteiger partial charge in [0.25, 0.3) is 5.91 Å². The van der Waals surface area contributed by atoms with Gasteiger partial charge in [-0.2, -0.15) is 5.06 Å². The van der Waals surface area contributed by atoms with E-state index in [4.69, 9.17) is 14.3 Å². The zero-order chi connectivity index (χ0) is 22.1. The minimum Gasteiger partial charge on any atom is -0.459 e. The highest BCUT2D eigenvalue weighted by Crippen LogP contribution is 2.61. The zero-order valence-corrected chi connectivity index (χ0v) is 18.4. The number of likely N-dealkylation sites (tertiary alicyclic amines) is 1. The molecule has 168 valence electrons. The summed E-state index contributed by atoms with van der Waals surface area (Å²) in [5.74, 6) is -0.677. The number of hydroxylamine groups is 1. The first-order valence-electron chi connectivity index (χ1n) is 11.0. The molecule has 1 spiro atoms. The topological polar surface area (TPSA) is 88.5 Å². The van der Waals surface area contributed by atoms with Crippen LogP contribution in [0, 0.1) is 11.8 Å². The van der Waals surface area contributed by atoms with Gasteiger partial charge in [-0.15, -0.1) is 0 Å². The number of benzene rings is 1. The van der Waals surface area contributed by atoms with Gasteiger partial charge in [-0.05, 0) is 31.5 Å². The highest BCUT2D eigenvalue weighted by Gasteiger charge is 2.73. The minimum absolute atomic E-state index is 0.00327. The van der Waals surface area contributed by atoms with Crippen LogP contribution in [0.5, 0.6) is 0 Å². The van der Waals surface area contributed by atoms with E-state index in [-0.39, 0.29) is 30.4 Å². The van der Waals surface area contributed by atoms with Crippen molar-refractivity contribution in [2.24, 2.45) is 11.8 Å². The molecule has 1 aromatic carbocycles. The van der Waals surface area contributed by atoms with Crippen LogP contribution in [0.1, 0.15) is 32.3 Å². The maximum atomic E-state index is 13.9. The van der Waals surface area contributed by atoms with E-state index in [9.17, 15) is 14.7 Å². The van der Waals surface area contributed by atoms with Gasteiger partial charge in [0.2, 0.25) is 0 Å². The molecule has 4 bridgehead atoms. The number of fused-ring (bicyclic) bond motifs is 2. The number of hydrogen-bond acceptors (Lipinski definition) is 7. The van der Waals surface area contributed by atoms with E-state index >= 15 is 0 Å². The Morgan fingerprint density at radius 1 is 1.35 bits per heavy atom. The molecule has 8 nitrogen and oxygen atoms in total. The molecule has 4 fully saturated rings. The van der Waals surface area contributed by atoms with Crippen LogP contribution in [0.25, 0.3) is 0 Å². The molecule has 6 rings (SSSR count). The largest absolute Gasteiger partial charge is 0.459 e. The lowest BCUT2D eigenvalue weighted by molar-refractivity contribution is -0.195. The molecule has 4 aliphatic heterocycles. The number of ether oxygens (including phenoxy) is 2. The molecule has 7 atom stereocenters. The van der Waals surface area contributed by atoms with Crippen molar-refractivity contribution >= 4 is 17.6 Å². The van der Waals surface area contributed by atoms with E-state index in [2.05, 4.69) is 11.8 Å². The van der Waals surface area contributed by atoms with Crippen LogP contribution >= 0.6 is 0 Å². The van der Waals surface area contributed by atoms with Crippen molar-refractivity contribution in [3.63, 3.8) is 0 Å². The third-order valence-corrected chi connectivity index (χ3v) is 8.45. The van der Waals surface area contributed by atoms with Crippen molar-refractivity contribution in [3.8, 4) is 0 Å². The van der Waals surface area contributed by atoms with Crippen LogP contribution < -0.4 is 5.06 Å². The Balaban J connectivity index is 1.74. The predicted molar refractivity (Wildman–Crippen MR) is 111 cm³/mol. The number of aliphatic hydroxyl groups is 1. The van der Waals surface area contributed by atoms with Gasteiger partial charge in [0.05, 0.1) is 31.5 Å². The summed E-state index contributed by atoms with van der Waals surface area (Å²) in [6, 6.07) is 7.61. The van der Waals surface area contributed by atoms with Gasteiger partial charge in [-0.3, -0.25) is 19.3 Å².